The molecule has 5 heteroatoms. The predicted octanol–water partition coefficient (Wildman–Crippen LogP) is 4.90. The lowest BCUT2D eigenvalue weighted by Gasteiger charge is -2.14. The number of hydrogen-bond donors (Lipinski definition) is 2. The monoisotopic (exact) mass is 364 g/mol. The molecule has 0 radical (unpaired) electrons. The molecule has 0 atom stereocenters. The van der Waals surface area contributed by atoms with Gasteiger partial charge in [0.05, 0.1) is 0 Å². The van der Waals surface area contributed by atoms with E-state index in [1.54, 1.807) is 12.3 Å². The molecule has 27 heavy (non-hydrogen) atoms. The molecule has 1 aromatic carbocycles. The number of nitrogens with one attached hydrogen (secondary N) is 2. The van der Waals surface area contributed by atoms with Gasteiger partial charge in [-0.2, -0.15) is 0 Å². The van der Waals surface area contributed by atoms with E-state index in [1.807, 2.05) is 25.1 Å². The zero-order valence-electron chi connectivity index (χ0n) is 16.2. The first-order chi connectivity index (χ1) is 13.2. The Morgan fingerprint density at radius 1 is 1.22 bits per heavy atom. The van der Waals surface area contributed by atoms with Gasteiger partial charge in [0.2, 0.25) is 5.95 Å². The zero-order valence-corrected chi connectivity index (χ0v) is 16.2. The Hall–Kier alpha value is -2.69. The third kappa shape index (κ3) is 5.16. The van der Waals surface area contributed by atoms with E-state index in [4.69, 9.17) is 0 Å². The van der Waals surface area contributed by atoms with Crippen LogP contribution in [0, 0.1) is 6.92 Å². The summed E-state index contributed by atoms with van der Waals surface area (Å²) in [6, 6.07) is 7.70. The van der Waals surface area contributed by atoms with Crippen LogP contribution in [0.2, 0.25) is 0 Å². The van der Waals surface area contributed by atoms with Crippen LogP contribution in [-0.4, -0.2) is 22.4 Å². The van der Waals surface area contributed by atoms with Crippen LogP contribution in [-0.2, 0) is 6.42 Å². The summed E-state index contributed by atoms with van der Waals surface area (Å²) in [5.41, 5.74) is 4.93. The summed E-state index contributed by atoms with van der Waals surface area (Å²) < 4.78 is 0. The van der Waals surface area contributed by atoms with Crippen molar-refractivity contribution in [2.24, 2.45) is 0 Å². The number of anilines is 2. The SMILES string of the molecule is CCc1cccc(C)c1NC(=O)c1ccnc(NCCC2=CCCCC2)n1. The first kappa shape index (κ1) is 19.1. The summed E-state index contributed by atoms with van der Waals surface area (Å²) in [6.45, 7) is 4.87. The molecule has 3 rings (SSSR count). The lowest BCUT2D eigenvalue weighted by molar-refractivity contribution is 0.102. The van der Waals surface area contributed by atoms with Gasteiger partial charge in [-0.15, -0.1) is 0 Å². The van der Waals surface area contributed by atoms with E-state index in [-0.39, 0.29) is 5.91 Å². The number of aryl methyl sites for hydroxylation is 2. The molecule has 2 aromatic rings. The van der Waals surface area contributed by atoms with Gasteiger partial charge in [0, 0.05) is 18.4 Å². The average Bonchev–Trinajstić information content (AvgIpc) is 2.70. The Labute approximate surface area is 161 Å². The zero-order chi connectivity index (χ0) is 19.1. The van der Waals surface area contributed by atoms with E-state index < -0.39 is 0 Å². The van der Waals surface area contributed by atoms with Gasteiger partial charge in [-0.1, -0.05) is 36.8 Å². The Bertz CT molecular complexity index is 829. The van der Waals surface area contributed by atoms with Gasteiger partial charge in [-0.25, -0.2) is 9.97 Å². The minimum Gasteiger partial charge on any atom is -0.354 e. The van der Waals surface area contributed by atoms with Crippen molar-refractivity contribution >= 4 is 17.5 Å². The van der Waals surface area contributed by atoms with Crippen molar-refractivity contribution in [2.45, 2.75) is 52.4 Å². The van der Waals surface area contributed by atoms with Crippen molar-refractivity contribution in [3.63, 3.8) is 0 Å². The molecule has 1 heterocycles. The molecule has 5 nitrogen and oxygen atoms in total. The van der Waals surface area contributed by atoms with Crippen molar-refractivity contribution in [3.05, 3.63) is 58.9 Å². The van der Waals surface area contributed by atoms with E-state index in [9.17, 15) is 4.79 Å². The molecule has 0 fully saturated rings. The van der Waals surface area contributed by atoms with Crippen molar-refractivity contribution in [3.8, 4) is 0 Å². The number of carbonyl (C=O) groups is 1. The summed E-state index contributed by atoms with van der Waals surface area (Å²) in [6.07, 6.45) is 10.8. The van der Waals surface area contributed by atoms with Gasteiger partial charge in [0.1, 0.15) is 5.69 Å². The molecule has 1 aliphatic carbocycles. The number of rotatable bonds is 7. The van der Waals surface area contributed by atoms with Crippen LogP contribution in [0.4, 0.5) is 11.6 Å². The summed E-state index contributed by atoms with van der Waals surface area (Å²) >= 11 is 0. The van der Waals surface area contributed by atoms with Gasteiger partial charge in [-0.3, -0.25) is 4.79 Å². The lowest BCUT2D eigenvalue weighted by Crippen LogP contribution is -2.17. The Kier molecular flexibility index (Phi) is 6.58. The smallest absolute Gasteiger partial charge is 0.274 e. The standard InChI is InChI=1S/C22H28N4O/c1-3-18-11-7-8-16(2)20(18)26-21(27)19-13-15-24-22(25-19)23-14-12-17-9-5-4-6-10-17/h7-9,11,13,15H,3-6,10,12,14H2,1-2H3,(H,26,27)(H,23,24,25). The average molecular weight is 364 g/mol. The molecular formula is C22H28N4O. The fourth-order valence-electron chi connectivity index (χ4n) is 3.42. The topological polar surface area (TPSA) is 66.9 Å². The Morgan fingerprint density at radius 2 is 2.11 bits per heavy atom. The molecule has 1 amide bonds. The van der Waals surface area contributed by atoms with Crippen LogP contribution in [0.15, 0.2) is 42.1 Å². The maximum atomic E-state index is 12.7. The second-order valence-corrected chi connectivity index (χ2v) is 6.97. The molecule has 0 bridgehead atoms. The highest BCUT2D eigenvalue weighted by molar-refractivity contribution is 6.03. The van der Waals surface area contributed by atoms with Crippen molar-refractivity contribution in [2.75, 3.05) is 17.2 Å². The summed E-state index contributed by atoms with van der Waals surface area (Å²) in [5.74, 6) is 0.291. The Balaban J connectivity index is 1.63. The molecule has 0 aliphatic heterocycles. The summed E-state index contributed by atoms with van der Waals surface area (Å²) in [7, 11) is 0. The second-order valence-electron chi connectivity index (χ2n) is 6.97. The number of nitrogens with zero attached hydrogens (tertiary/aromatic N) is 2. The van der Waals surface area contributed by atoms with Crippen molar-refractivity contribution < 1.29 is 4.79 Å². The van der Waals surface area contributed by atoms with E-state index in [0.717, 1.165) is 36.2 Å². The van der Waals surface area contributed by atoms with Crippen LogP contribution >= 0.6 is 0 Å². The quantitative estimate of drug-likeness (QED) is 0.686. The van der Waals surface area contributed by atoms with Crippen LogP contribution in [0.25, 0.3) is 0 Å². The van der Waals surface area contributed by atoms with Crippen LogP contribution in [0.5, 0.6) is 0 Å². The number of aromatic nitrogens is 2. The number of hydrogen-bond acceptors (Lipinski definition) is 4. The minimum absolute atomic E-state index is 0.209. The van der Waals surface area contributed by atoms with E-state index in [0.29, 0.717) is 11.6 Å². The summed E-state index contributed by atoms with van der Waals surface area (Å²) in [5, 5.41) is 6.26. The summed E-state index contributed by atoms with van der Waals surface area (Å²) in [4.78, 5) is 21.3. The van der Waals surface area contributed by atoms with Gasteiger partial charge in [-0.05, 0) is 62.6 Å². The van der Waals surface area contributed by atoms with E-state index >= 15 is 0 Å². The van der Waals surface area contributed by atoms with E-state index in [1.165, 1.54) is 31.3 Å². The molecule has 1 aliphatic rings. The van der Waals surface area contributed by atoms with Crippen molar-refractivity contribution in [1.29, 1.82) is 0 Å². The van der Waals surface area contributed by atoms with Crippen LogP contribution < -0.4 is 10.6 Å². The second kappa shape index (κ2) is 9.31. The highest BCUT2D eigenvalue weighted by Gasteiger charge is 2.13. The van der Waals surface area contributed by atoms with E-state index in [2.05, 4.69) is 33.6 Å². The van der Waals surface area contributed by atoms with Crippen molar-refractivity contribution in [1.82, 2.24) is 9.97 Å². The number of allylic oxidation sites excluding steroid dienone is 1. The maximum absolute atomic E-state index is 12.7. The third-order valence-corrected chi connectivity index (χ3v) is 4.98. The molecular weight excluding hydrogens is 336 g/mol. The molecule has 0 saturated carbocycles. The van der Waals surface area contributed by atoms with Crippen LogP contribution in [0.1, 0.15) is 60.6 Å². The van der Waals surface area contributed by atoms with Gasteiger partial charge >= 0.3 is 0 Å². The highest BCUT2D eigenvalue weighted by atomic mass is 16.1. The van der Waals surface area contributed by atoms with Gasteiger partial charge < -0.3 is 10.6 Å². The molecule has 0 spiro atoms. The Morgan fingerprint density at radius 3 is 2.89 bits per heavy atom. The number of carbonyl (C=O) groups excluding carboxylic acids is 1. The van der Waals surface area contributed by atoms with Gasteiger partial charge in [0.25, 0.3) is 5.91 Å². The molecule has 1 aromatic heterocycles. The molecule has 0 saturated heterocycles. The number of benzene rings is 1. The fourth-order valence-corrected chi connectivity index (χ4v) is 3.42. The molecule has 2 N–H and O–H groups in total. The first-order valence-corrected chi connectivity index (χ1v) is 9.82. The number of para-hydroxylation sites is 1. The normalized spacial score (nSPS) is 13.8. The number of amides is 1. The van der Waals surface area contributed by atoms with Gasteiger partial charge in [0.15, 0.2) is 0 Å². The highest BCUT2D eigenvalue weighted by Crippen LogP contribution is 2.22. The largest absolute Gasteiger partial charge is 0.354 e. The maximum Gasteiger partial charge on any atom is 0.274 e. The lowest BCUT2D eigenvalue weighted by atomic mass is 9.97. The van der Waals surface area contributed by atoms with Crippen LogP contribution in [0.3, 0.4) is 0 Å². The minimum atomic E-state index is -0.209. The third-order valence-electron chi connectivity index (χ3n) is 4.98. The molecule has 142 valence electrons. The predicted molar refractivity (Wildman–Crippen MR) is 110 cm³/mol. The molecule has 0 unspecified atom stereocenters. The fraction of sp³-hybridized carbons (Fsp3) is 0.409. The first-order valence-electron chi connectivity index (χ1n) is 9.82.